The molecule has 0 atom stereocenters. The van der Waals surface area contributed by atoms with Crippen LogP contribution in [0.15, 0.2) is 18.2 Å². The van der Waals surface area contributed by atoms with Crippen LogP contribution in [-0.2, 0) is 11.2 Å². The quantitative estimate of drug-likeness (QED) is 0.872. The second-order valence-electron chi connectivity index (χ2n) is 6.38. The lowest BCUT2D eigenvalue weighted by Crippen LogP contribution is -2.33. The molecule has 3 rings (SSSR count). The Morgan fingerprint density at radius 2 is 2.00 bits per heavy atom. The highest BCUT2D eigenvalue weighted by Gasteiger charge is 2.20. The largest absolute Gasteiger partial charge is 0.353 e. The molecule has 0 bridgehead atoms. The number of hydrogen-bond acceptors (Lipinski definition) is 2. The van der Waals surface area contributed by atoms with Gasteiger partial charge in [-0.3, -0.25) is 4.79 Å². The maximum atomic E-state index is 12.3. The Kier molecular flexibility index (Phi) is 5.16. The van der Waals surface area contributed by atoms with Crippen LogP contribution in [-0.4, -0.2) is 21.7 Å². The van der Waals surface area contributed by atoms with E-state index in [2.05, 4.69) is 10.4 Å². The number of carbonyl (C=O) groups is 1. The monoisotopic (exact) mass is 365 g/mol. The molecule has 1 aromatic heterocycles. The van der Waals surface area contributed by atoms with Gasteiger partial charge in [0.15, 0.2) is 0 Å². The van der Waals surface area contributed by atoms with Crippen LogP contribution in [0.5, 0.6) is 0 Å². The van der Waals surface area contributed by atoms with Gasteiger partial charge in [-0.2, -0.15) is 5.10 Å². The highest BCUT2D eigenvalue weighted by Crippen LogP contribution is 2.27. The molecule has 1 aromatic carbocycles. The van der Waals surface area contributed by atoms with Gasteiger partial charge in [0.1, 0.15) is 0 Å². The third-order valence-electron chi connectivity index (χ3n) is 4.64. The first-order chi connectivity index (χ1) is 11.5. The molecule has 1 aliphatic carbocycles. The average Bonchev–Trinajstić information content (AvgIpc) is 3.11. The lowest BCUT2D eigenvalue weighted by molar-refractivity contribution is -0.121. The van der Waals surface area contributed by atoms with Crippen molar-refractivity contribution < 1.29 is 4.79 Å². The molecule has 1 aliphatic rings. The Morgan fingerprint density at radius 3 is 2.67 bits per heavy atom. The van der Waals surface area contributed by atoms with Crippen molar-refractivity contribution in [2.24, 2.45) is 0 Å². The first-order valence-corrected chi connectivity index (χ1v) is 9.01. The summed E-state index contributed by atoms with van der Waals surface area (Å²) in [5.74, 6) is 0.0647. The summed E-state index contributed by atoms with van der Waals surface area (Å²) in [5.41, 5.74) is 3.50. The zero-order chi connectivity index (χ0) is 17.3. The Morgan fingerprint density at radius 1 is 1.29 bits per heavy atom. The van der Waals surface area contributed by atoms with Crippen molar-refractivity contribution in [3.63, 3.8) is 0 Å². The van der Waals surface area contributed by atoms with E-state index in [0.717, 1.165) is 35.5 Å². The molecule has 0 unspecified atom stereocenters. The lowest BCUT2D eigenvalue weighted by Gasteiger charge is -2.12. The second-order valence-corrected chi connectivity index (χ2v) is 7.23. The van der Waals surface area contributed by atoms with Gasteiger partial charge in [-0.1, -0.05) is 36.0 Å². The van der Waals surface area contributed by atoms with E-state index in [-0.39, 0.29) is 5.91 Å². The summed E-state index contributed by atoms with van der Waals surface area (Å²) in [6.07, 6.45) is 4.93. The van der Waals surface area contributed by atoms with Crippen molar-refractivity contribution in [3.8, 4) is 5.69 Å². The number of carbonyl (C=O) groups excluding carboxylic acids is 1. The molecule has 4 nitrogen and oxygen atoms in total. The maximum Gasteiger partial charge on any atom is 0.224 e. The number of aryl methyl sites for hydroxylation is 1. The molecule has 1 saturated carbocycles. The molecule has 0 saturated heterocycles. The standard InChI is InChI=1S/C18H21Cl2N3O/c1-11-15(10-18(24)21-14-5-3-4-6-14)12(2)23(22-11)17-8-7-13(19)9-16(17)20/h7-9,14H,3-6,10H2,1-2H3,(H,21,24). The van der Waals surface area contributed by atoms with Gasteiger partial charge in [-0.25, -0.2) is 4.68 Å². The molecule has 1 heterocycles. The Hall–Kier alpha value is -1.52. The smallest absolute Gasteiger partial charge is 0.224 e. The number of benzene rings is 1. The van der Waals surface area contributed by atoms with Crippen LogP contribution in [0.1, 0.15) is 42.6 Å². The van der Waals surface area contributed by atoms with E-state index in [1.807, 2.05) is 19.9 Å². The van der Waals surface area contributed by atoms with Crippen LogP contribution in [0.2, 0.25) is 10.0 Å². The Labute approximate surface area is 152 Å². The molecule has 0 spiro atoms. The van der Waals surface area contributed by atoms with Crippen LogP contribution < -0.4 is 5.32 Å². The fourth-order valence-electron chi connectivity index (χ4n) is 3.33. The minimum absolute atomic E-state index is 0.0647. The molecule has 24 heavy (non-hydrogen) atoms. The maximum absolute atomic E-state index is 12.3. The van der Waals surface area contributed by atoms with Gasteiger partial charge < -0.3 is 5.32 Å². The van der Waals surface area contributed by atoms with Crippen molar-refractivity contribution >= 4 is 29.1 Å². The molecule has 0 radical (unpaired) electrons. The summed E-state index contributed by atoms with van der Waals surface area (Å²) in [7, 11) is 0. The third-order valence-corrected chi connectivity index (χ3v) is 5.17. The number of nitrogens with one attached hydrogen (secondary N) is 1. The summed E-state index contributed by atoms with van der Waals surface area (Å²) in [6, 6.07) is 5.65. The van der Waals surface area contributed by atoms with Gasteiger partial charge in [0.05, 0.1) is 22.8 Å². The normalized spacial score (nSPS) is 15.0. The Bertz CT molecular complexity index is 764. The van der Waals surface area contributed by atoms with E-state index in [0.29, 0.717) is 22.5 Å². The molecule has 6 heteroatoms. The van der Waals surface area contributed by atoms with Crippen LogP contribution >= 0.6 is 23.2 Å². The zero-order valence-corrected chi connectivity index (χ0v) is 15.4. The molecule has 1 fully saturated rings. The highest BCUT2D eigenvalue weighted by molar-refractivity contribution is 6.35. The van der Waals surface area contributed by atoms with Crippen molar-refractivity contribution in [3.05, 3.63) is 45.2 Å². The third kappa shape index (κ3) is 3.60. The van der Waals surface area contributed by atoms with E-state index in [9.17, 15) is 4.79 Å². The average molecular weight is 366 g/mol. The van der Waals surface area contributed by atoms with Gasteiger partial charge in [0.2, 0.25) is 5.91 Å². The summed E-state index contributed by atoms with van der Waals surface area (Å²) in [4.78, 5) is 12.3. The van der Waals surface area contributed by atoms with Crippen molar-refractivity contribution in [2.45, 2.75) is 52.0 Å². The van der Waals surface area contributed by atoms with Crippen LogP contribution in [0, 0.1) is 13.8 Å². The predicted octanol–water partition coefficient (Wildman–Crippen LogP) is 4.40. The van der Waals surface area contributed by atoms with E-state index in [1.54, 1.807) is 16.8 Å². The molecular weight excluding hydrogens is 345 g/mol. The molecule has 0 aliphatic heterocycles. The van der Waals surface area contributed by atoms with Crippen LogP contribution in [0.25, 0.3) is 5.69 Å². The van der Waals surface area contributed by atoms with Gasteiger partial charge in [0.25, 0.3) is 0 Å². The summed E-state index contributed by atoms with van der Waals surface area (Å²) >= 11 is 12.3. The first-order valence-electron chi connectivity index (χ1n) is 8.25. The highest BCUT2D eigenvalue weighted by atomic mass is 35.5. The minimum atomic E-state index is 0.0647. The molecule has 1 N–H and O–H groups in total. The molecule has 1 amide bonds. The lowest BCUT2D eigenvalue weighted by atomic mass is 10.1. The number of amides is 1. The summed E-state index contributed by atoms with van der Waals surface area (Å²) < 4.78 is 1.78. The van der Waals surface area contributed by atoms with E-state index in [4.69, 9.17) is 23.2 Å². The molecule has 2 aromatic rings. The fourth-order valence-corrected chi connectivity index (χ4v) is 3.82. The number of halogens is 2. The minimum Gasteiger partial charge on any atom is -0.353 e. The first kappa shape index (κ1) is 17.3. The van der Waals surface area contributed by atoms with Crippen molar-refractivity contribution in [1.29, 1.82) is 0 Å². The van der Waals surface area contributed by atoms with E-state index >= 15 is 0 Å². The Balaban J connectivity index is 1.82. The zero-order valence-electron chi connectivity index (χ0n) is 13.9. The fraction of sp³-hybridized carbons (Fsp3) is 0.444. The second kappa shape index (κ2) is 7.16. The van der Waals surface area contributed by atoms with Gasteiger partial charge in [-0.05, 0) is 44.9 Å². The predicted molar refractivity (Wildman–Crippen MR) is 97.2 cm³/mol. The van der Waals surface area contributed by atoms with Gasteiger partial charge >= 0.3 is 0 Å². The van der Waals surface area contributed by atoms with Crippen molar-refractivity contribution in [1.82, 2.24) is 15.1 Å². The number of aromatic nitrogens is 2. The summed E-state index contributed by atoms with van der Waals surface area (Å²) in [6.45, 7) is 3.88. The summed E-state index contributed by atoms with van der Waals surface area (Å²) in [5, 5.41) is 8.82. The SMILES string of the molecule is Cc1nn(-c2ccc(Cl)cc2Cl)c(C)c1CC(=O)NC1CCCC1. The number of rotatable bonds is 4. The van der Waals surface area contributed by atoms with Gasteiger partial charge in [-0.15, -0.1) is 0 Å². The number of hydrogen-bond donors (Lipinski definition) is 1. The topological polar surface area (TPSA) is 46.9 Å². The van der Waals surface area contributed by atoms with E-state index in [1.165, 1.54) is 12.8 Å². The molecular formula is C18H21Cl2N3O. The van der Waals surface area contributed by atoms with Gasteiger partial charge in [0, 0.05) is 22.3 Å². The van der Waals surface area contributed by atoms with Crippen LogP contribution in [0.4, 0.5) is 0 Å². The molecule has 128 valence electrons. The van der Waals surface area contributed by atoms with E-state index < -0.39 is 0 Å². The van der Waals surface area contributed by atoms with Crippen LogP contribution in [0.3, 0.4) is 0 Å². The van der Waals surface area contributed by atoms with Crippen molar-refractivity contribution in [2.75, 3.05) is 0 Å². The number of nitrogens with zero attached hydrogens (tertiary/aromatic N) is 2.